The van der Waals surface area contributed by atoms with Crippen LogP contribution < -0.4 is 5.32 Å². The quantitative estimate of drug-likeness (QED) is 0.670. The Balaban J connectivity index is 1.73. The highest BCUT2D eigenvalue weighted by Gasteiger charge is 2.18. The van der Waals surface area contributed by atoms with Crippen LogP contribution in [0.3, 0.4) is 0 Å². The molecule has 24 heavy (non-hydrogen) atoms. The van der Waals surface area contributed by atoms with E-state index in [0.717, 1.165) is 39.4 Å². The minimum atomic E-state index is -0.241. The number of aryl methyl sites for hydroxylation is 2. The van der Waals surface area contributed by atoms with Crippen molar-refractivity contribution >= 4 is 34.4 Å². The molecule has 0 spiro atoms. The van der Waals surface area contributed by atoms with Crippen molar-refractivity contribution in [2.45, 2.75) is 37.6 Å². The number of fused-ring (bicyclic) bond motifs is 1. The number of nitrogens with one attached hydrogen (secondary N) is 2. The number of anilines is 1. The molecule has 0 unspecified atom stereocenters. The standard InChI is InChI=1S/C19H21N3OS/c1-4-14-9-7-8-12(2)17(14)22-18(23)13(3)24-19-20-15-10-5-6-11-16(15)21-19/h5-11,13H,4H2,1-3H3,(H,20,21)(H,22,23)/t13-/m0/s1. The number of aromatic amines is 1. The van der Waals surface area contributed by atoms with Gasteiger partial charge in [0, 0.05) is 5.69 Å². The highest BCUT2D eigenvalue weighted by atomic mass is 32.2. The third-order valence-corrected chi connectivity index (χ3v) is 5.00. The van der Waals surface area contributed by atoms with Gasteiger partial charge in [-0.3, -0.25) is 4.79 Å². The van der Waals surface area contributed by atoms with Gasteiger partial charge in [0.05, 0.1) is 16.3 Å². The summed E-state index contributed by atoms with van der Waals surface area (Å²) < 4.78 is 0. The fourth-order valence-corrected chi connectivity index (χ4v) is 3.45. The monoisotopic (exact) mass is 339 g/mol. The third-order valence-electron chi connectivity index (χ3n) is 4.01. The minimum absolute atomic E-state index is 0.00976. The molecule has 0 aliphatic rings. The normalized spacial score (nSPS) is 12.3. The van der Waals surface area contributed by atoms with Crippen molar-refractivity contribution in [3.8, 4) is 0 Å². The number of para-hydroxylation sites is 3. The SMILES string of the molecule is CCc1cccc(C)c1NC(=O)[C@H](C)Sc1nc2ccccc2[nH]1. The topological polar surface area (TPSA) is 57.8 Å². The van der Waals surface area contributed by atoms with Gasteiger partial charge in [0.2, 0.25) is 5.91 Å². The molecule has 2 aromatic carbocycles. The second kappa shape index (κ2) is 7.09. The Bertz CT molecular complexity index is 839. The number of aromatic nitrogens is 2. The Kier molecular flexibility index (Phi) is 4.90. The Morgan fingerprint density at radius 3 is 2.79 bits per heavy atom. The van der Waals surface area contributed by atoms with E-state index in [0.29, 0.717) is 0 Å². The van der Waals surface area contributed by atoms with E-state index in [2.05, 4.69) is 28.3 Å². The van der Waals surface area contributed by atoms with Crippen LogP contribution >= 0.6 is 11.8 Å². The van der Waals surface area contributed by atoms with Gasteiger partial charge in [-0.2, -0.15) is 0 Å². The second-order valence-corrected chi connectivity index (χ2v) is 7.10. The van der Waals surface area contributed by atoms with Crippen LogP contribution in [-0.4, -0.2) is 21.1 Å². The van der Waals surface area contributed by atoms with E-state index < -0.39 is 0 Å². The molecule has 0 bridgehead atoms. The first-order valence-electron chi connectivity index (χ1n) is 8.09. The predicted octanol–water partition coefficient (Wildman–Crippen LogP) is 4.55. The molecular weight excluding hydrogens is 318 g/mol. The molecule has 1 amide bonds. The molecule has 3 rings (SSSR count). The Morgan fingerprint density at radius 1 is 1.25 bits per heavy atom. The number of H-pyrrole nitrogens is 1. The Labute approximate surface area is 146 Å². The molecule has 0 saturated carbocycles. The van der Waals surface area contributed by atoms with E-state index in [-0.39, 0.29) is 11.2 Å². The molecule has 3 aromatic rings. The van der Waals surface area contributed by atoms with Gasteiger partial charge in [-0.1, -0.05) is 49.0 Å². The van der Waals surface area contributed by atoms with Gasteiger partial charge >= 0.3 is 0 Å². The van der Waals surface area contributed by atoms with E-state index in [1.807, 2.05) is 50.2 Å². The zero-order valence-corrected chi connectivity index (χ0v) is 14.9. The first-order chi connectivity index (χ1) is 11.6. The first-order valence-corrected chi connectivity index (χ1v) is 8.97. The first kappa shape index (κ1) is 16.6. The van der Waals surface area contributed by atoms with Crippen molar-refractivity contribution in [1.82, 2.24) is 9.97 Å². The number of carbonyl (C=O) groups excluding carboxylic acids is 1. The van der Waals surface area contributed by atoms with Gasteiger partial charge in [-0.15, -0.1) is 0 Å². The van der Waals surface area contributed by atoms with Gasteiger partial charge in [0.15, 0.2) is 5.16 Å². The number of nitrogens with zero attached hydrogens (tertiary/aromatic N) is 1. The van der Waals surface area contributed by atoms with Crippen LogP contribution in [0.1, 0.15) is 25.0 Å². The van der Waals surface area contributed by atoms with Crippen molar-refractivity contribution in [2.75, 3.05) is 5.32 Å². The van der Waals surface area contributed by atoms with Crippen molar-refractivity contribution in [3.63, 3.8) is 0 Å². The lowest BCUT2D eigenvalue weighted by Gasteiger charge is -2.15. The molecule has 1 aromatic heterocycles. The number of hydrogen-bond donors (Lipinski definition) is 2. The summed E-state index contributed by atoms with van der Waals surface area (Å²) >= 11 is 1.44. The van der Waals surface area contributed by atoms with Gasteiger partial charge < -0.3 is 10.3 Å². The number of hydrogen-bond acceptors (Lipinski definition) is 3. The fourth-order valence-electron chi connectivity index (χ4n) is 2.63. The molecule has 1 heterocycles. The molecule has 0 fully saturated rings. The molecule has 0 aliphatic heterocycles. The molecule has 0 saturated heterocycles. The average molecular weight is 339 g/mol. The summed E-state index contributed by atoms with van der Waals surface area (Å²) in [7, 11) is 0. The maximum atomic E-state index is 12.6. The minimum Gasteiger partial charge on any atom is -0.333 e. The lowest BCUT2D eigenvalue weighted by Crippen LogP contribution is -2.23. The highest BCUT2D eigenvalue weighted by Crippen LogP contribution is 2.26. The second-order valence-electron chi connectivity index (χ2n) is 5.77. The predicted molar refractivity (Wildman–Crippen MR) is 101 cm³/mol. The van der Waals surface area contributed by atoms with Crippen molar-refractivity contribution < 1.29 is 4.79 Å². The molecule has 1 atom stereocenters. The summed E-state index contributed by atoms with van der Waals surface area (Å²) in [6.07, 6.45) is 0.891. The lowest BCUT2D eigenvalue weighted by atomic mass is 10.1. The molecule has 2 N–H and O–H groups in total. The summed E-state index contributed by atoms with van der Waals surface area (Å²) in [5.74, 6) is -0.00976. The van der Waals surface area contributed by atoms with E-state index in [1.54, 1.807) is 0 Å². The molecule has 4 nitrogen and oxygen atoms in total. The van der Waals surface area contributed by atoms with Crippen molar-refractivity contribution in [3.05, 3.63) is 53.6 Å². The summed E-state index contributed by atoms with van der Waals surface area (Å²) in [5.41, 5.74) is 5.08. The van der Waals surface area contributed by atoms with Crippen LogP contribution in [-0.2, 0) is 11.2 Å². The summed E-state index contributed by atoms with van der Waals surface area (Å²) in [4.78, 5) is 20.4. The number of amides is 1. The summed E-state index contributed by atoms with van der Waals surface area (Å²) in [6.45, 7) is 6.01. The van der Waals surface area contributed by atoms with E-state index >= 15 is 0 Å². The van der Waals surface area contributed by atoms with E-state index in [4.69, 9.17) is 0 Å². The van der Waals surface area contributed by atoms with Gasteiger partial charge in [0.25, 0.3) is 0 Å². The number of benzene rings is 2. The zero-order valence-electron chi connectivity index (χ0n) is 14.1. The maximum absolute atomic E-state index is 12.6. The lowest BCUT2D eigenvalue weighted by molar-refractivity contribution is -0.115. The Hall–Kier alpha value is -2.27. The van der Waals surface area contributed by atoms with Crippen molar-refractivity contribution in [1.29, 1.82) is 0 Å². The van der Waals surface area contributed by atoms with Crippen LogP contribution in [0.25, 0.3) is 11.0 Å². The van der Waals surface area contributed by atoms with Crippen LogP contribution in [0.5, 0.6) is 0 Å². The van der Waals surface area contributed by atoms with Crippen molar-refractivity contribution in [2.24, 2.45) is 0 Å². The Morgan fingerprint density at radius 2 is 2.04 bits per heavy atom. The molecular formula is C19H21N3OS. The summed E-state index contributed by atoms with van der Waals surface area (Å²) in [6, 6.07) is 14.0. The maximum Gasteiger partial charge on any atom is 0.237 e. The van der Waals surface area contributed by atoms with Gasteiger partial charge in [-0.05, 0) is 43.5 Å². The zero-order chi connectivity index (χ0) is 17.1. The van der Waals surface area contributed by atoms with E-state index in [9.17, 15) is 4.79 Å². The van der Waals surface area contributed by atoms with Gasteiger partial charge in [-0.25, -0.2) is 4.98 Å². The van der Waals surface area contributed by atoms with Crippen LogP contribution in [0.4, 0.5) is 5.69 Å². The van der Waals surface area contributed by atoms with Crippen LogP contribution in [0.2, 0.25) is 0 Å². The smallest absolute Gasteiger partial charge is 0.237 e. The highest BCUT2D eigenvalue weighted by molar-refractivity contribution is 8.00. The number of rotatable bonds is 5. The van der Waals surface area contributed by atoms with E-state index in [1.165, 1.54) is 11.8 Å². The number of carbonyl (C=O) groups is 1. The van der Waals surface area contributed by atoms with Gasteiger partial charge in [0.1, 0.15) is 0 Å². The van der Waals surface area contributed by atoms with Crippen LogP contribution in [0.15, 0.2) is 47.6 Å². The molecule has 0 aliphatic carbocycles. The molecule has 124 valence electrons. The third kappa shape index (κ3) is 3.46. The average Bonchev–Trinajstić information content (AvgIpc) is 2.98. The largest absolute Gasteiger partial charge is 0.333 e. The number of thioether (sulfide) groups is 1. The molecule has 5 heteroatoms. The molecule has 0 radical (unpaired) electrons. The summed E-state index contributed by atoms with van der Waals surface area (Å²) in [5, 5.41) is 3.60. The van der Waals surface area contributed by atoms with Crippen LogP contribution in [0, 0.1) is 6.92 Å². The number of imidazole rings is 1. The fraction of sp³-hybridized carbons (Fsp3) is 0.263.